The Morgan fingerprint density at radius 1 is 1.53 bits per heavy atom. The van der Waals surface area contributed by atoms with Gasteiger partial charge in [0.25, 0.3) is 0 Å². The minimum atomic E-state index is -4.89. The Kier molecular flexibility index (Phi) is 5.35. The van der Waals surface area contributed by atoms with Crippen molar-refractivity contribution in [3.8, 4) is 5.75 Å². The molecule has 0 saturated carbocycles. The van der Waals surface area contributed by atoms with Crippen molar-refractivity contribution in [2.45, 2.75) is 19.8 Å². The fourth-order valence-corrected chi connectivity index (χ4v) is 1.89. The van der Waals surface area contributed by atoms with Gasteiger partial charge < -0.3 is 15.2 Å². The molecule has 1 aromatic heterocycles. The molecule has 1 heterocycles. The average Bonchev–Trinajstić information content (AvgIpc) is 2.30. The van der Waals surface area contributed by atoms with Gasteiger partial charge in [-0.25, -0.2) is 9.78 Å². The number of halogens is 4. The standard InChI is InChI=1S/C10H10F3IN2O3/c1-2-18-9(17)6-4-16-8(14)7(5(6)3-15)19-10(11,12)13/h4H,2-3,15H2,1H3. The first-order valence-corrected chi connectivity index (χ1v) is 6.18. The van der Waals surface area contributed by atoms with Gasteiger partial charge in [0.1, 0.15) is 3.70 Å². The molecule has 0 unspecified atom stereocenters. The lowest BCUT2D eigenvalue weighted by Crippen LogP contribution is -2.22. The van der Waals surface area contributed by atoms with Crippen LogP contribution >= 0.6 is 22.6 Å². The Balaban J connectivity index is 3.29. The maximum atomic E-state index is 12.3. The van der Waals surface area contributed by atoms with Crippen molar-refractivity contribution >= 4 is 28.6 Å². The lowest BCUT2D eigenvalue weighted by molar-refractivity contribution is -0.275. The number of rotatable bonds is 4. The minimum absolute atomic E-state index is 0.0385. The molecule has 5 nitrogen and oxygen atoms in total. The molecule has 2 N–H and O–H groups in total. The van der Waals surface area contributed by atoms with E-state index in [-0.39, 0.29) is 28.0 Å². The van der Waals surface area contributed by atoms with E-state index in [1.54, 1.807) is 29.5 Å². The van der Waals surface area contributed by atoms with Crippen LogP contribution in [0.2, 0.25) is 0 Å². The van der Waals surface area contributed by atoms with Gasteiger partial charge >= 0.3 is 12.3 Å². The van der Waals surface area contributed by atoms with E-state index >= 15 is 0 Å². The van der Waals surface area contributed by atoms with Crippen molar-refractivity contribution in [2.24, 2.45) is 5.73 Å². The first kappa shape index (κ1) is 16.0. The van der Waals surface area contributed by atoms with E-state index < -0.39 is 18.1 Å². The van der Waals surface area contributed by atoms with E-state index in [0.29, 0.717) is 0 Å². The van der Waals surface area contributed by atoms with Gasteiger partial charge in [0.05, 0.1) is 12.2 Å². The predicted molar refractivity (Wildman–Crippen MR) is 67.5 cm³/mol. The summed E-state index contributed by atoms with van der Waals surface area (Å²) in [5.41, 5.74) is 5.16. The summed E-state index contributed by atoms with van der Waals surface area (Å²) in [7, 11) is 0. The molecule has 19 heavy (non-hydrogen) atoms. The number of ether oxygens (including phenoxy) is 2. The predicted octanol–water partition coefficient (Wildman–Crippen LogP) is 2.22. The summed E-state index contributed by atoms with van der Waals surface area (Å²) in [4.78, 5) is 15.3. The molecule has 0 amide bonds. The van der Waals surface area contributed by atoms with Crippen molar-refractivity contribution in [3.63, 3.8) is 0 Å². The maximum Gasteiger partial charge on any atom is 0.573 e. The number of carbonyl (C=O) groups is 1. The molecule has 0 aliphatic heterocycles. The third kappa shape index (κ3) is 4.20. The number of hydrogen-bond acceptors (Lipinski definition) is 5. The van der Waals surface area contributed by atoms with Gasteiger partial charge in [-0.3, -0.25) is 0 Å². The van der Waals surface area contributed by atoms with Crippen LogP contribution in [0.5, 0.6) is 5.75 Å². The fraction of sp³-hybridized carbons (Fsp3) is 0.400. The third-order valence-electron chi connectivity index (χ3n) is 2.01. The highest BCUT2D eigenvalue weighted by Gasteiger charge is 2.34. The van der Waals surface area contributed by atoms with Crippen LogP contribution in [-0.4, -0.2) is 23.9 Å². The first-order chi connectivity index (χ1) is 8.80. The second-order valence-electron chi connectivity index (χ2n) is 3.24. The number of pyridine rings is 1. The van der Waals surface area contributed by atoms with Crippen LogP contribution in [0.3, 0.4) is 0 Å². The molecule has 0 fully saturated rings. The fourth-order valence-electron chi connectivity index (χ4n) is 1.31. The summed E-state index contributed by atoms with van der Waals surface area (Å²) in [6, 6.07) is 0. The zero-order valence-electron chi connectivity index (χ0n) is 9.75. The number of hydrogen-bond donors (Lipinski definition) is 1. The topological polar surface area (TPSA) is 74.4 Å². The van der Waals surface area contributed by atoms with Crippen LogP contribution in [-0.2, 0) is 11.3 Å². The second-order valence-corrected chi connectivity index (χ2v) is 4.26. The highest BCUT2D eigenvalue weighted by molar-refractivity contribution is 14.1. The van der Waals surface area contributed by atoms with Crippen molar-refractivity contribution in [1.82, 2.24) is 4.98 Å². The average molecular weight is 390 g/mol. The van der Waals surface area contributed by atoms with Gasteiger partial charge in [0.2, 0.25) is 0 Å². The lowest BCUT2D eigenvalue weighted by atomic mass is 10.1. The smallest absolute Gasteiger partial charge is 0.462 e. The van der Waals surface area contributed by atoms with Crippen molar-refractivity contribution in [1.29, 1.82) is 0 Å². The van der Waals surface area contributed by atoms with E-state index in [9.17, 15) is 18.0 Å². The van der Waals surface area contributed by atoms with Crippen molar-refractivity contribution in [2.75, 3.05) is 6.61 Å². The summed E-state index contributed by atoms with van der Waals surface area (Å²) in [5, 5.41) is 0. The number of nitrogens with zero attached hydrogens (tertiary/aromatic N) is 1. The Bertz CT molecular complexity index is 480. The van der Waals surface area contributed by atoms with Crippen molar-refractivity contribution < 1.29 is 27.4 Å². The van der Waals surface area contributed by atoms with E-state index in [4.69, 9.17) is 10.5 Å². The Labute approximate surface area is 120 Å². The molecule has 0 aromatic carbocycles. The molecule has 0 bridgehead atoms. The highest BCUT2D eigenvalue weighted by Crippen LogP contribution is 2.32. The molecule has 0 spiro atoms. The monoisotopic (exact) mass is 390 g/mol. The SMILES string of the molecule is CCOC(=O)c1cnc(I)c(OC(F)(F)F)c1CN. The van der Waals surface area contributed by atoms with Gasteiger partial charge in [0, 0.05) is 18.3 Å². The van der Waals surface area contributed by atoms with Crippen LogP contribution < -0.4 is 10.5 Å². The van der Waals surface area contributed by atoms with Crippen LogP contribution in [0, 0.1) is 3.70 Å². The molecule has 1 rings (SSSR count). The Morgan fingerprint density at radius 3 is 2.63 bits per heavy atom. The van der Waals surface area contributed by atoms with Gasteiger partial charge in [-0.1, -0.05) is 0 Å². The van der Waals surface area contributed by atoms with E-state index in [0.717, 1.165) is 6.20 Å². The molecular weight excluding hydrogens is 380 g/mol. The van der Waals surface area contributed by atoms with E-state index in [1.807, 2.05) is 0 Å². The van der Waals surface area contributed by atoms with Gasteiger partial charge in [-0.2, -0.15) is 0 Å². The molecule has 0 aliphatic rings. The number of nitrogens with two attached hydrogens (primary N) is 1. The van der Waals surface area contributed by atoms with Crippen molar-refractivity contribution in [3.05, 3.63) is 21.0 Å². The lowest BCUT2D eigenvalue weighted by Gasteiger charge is -2.15. The van der Waals surface area contributed by atoms with Gasteiger partial charge in [-0.15, -0.1) is 13.2 Å². The molecular formula is C10H10F3IN2O3. The number of carbonyl (C=O) groups excluding carboxylic acids is 1. The number of alkyl halides is 3. The quantitative estimate of drug-likeness (QED) is 0.485. The van der Waals surface area contributed by atoms with Crippen LogP contribution in [0.25, 0.3) is 0 Å². The zero-order chi connectivity index (χ0) is 14.6. The third-order valence-corrected chi connectivity index (χ3v) is 2.78. The molecule has 0 radical (unpaired) electrons. The maximum absolute atomic E-state index is 12.3. The van der Waals surface area contributed by atoms with E-state index in [1.165, 1.54) is 0 Å². The summed E-state index contributed by atoms with van der Waals surface area (Å²) < 4.78 is 45.5. The largest absolute Gasteiger partial charge is 0.573 e. The molecule has 1 aromatic rings. The molecule has 0 saturated heterocycles. The summed E-state index contributed by atoms with van der Waals surface area (Å²) >= 11 is 1.57. The Morgan fingerprint density at radius 2 is 2.16 bits per heavy atom. The molecule has 0 aliphatic carbocycles. The van der Waals surface area contributed by atoms with E-state index in [2.05, 4.69) is 9.72 Å². The molecule has 0 atom stereocenters. The van der Waals surface area contributed by atoms with Gasteiger partial charge in [0.15, 0.2) is 5.75 Å². The molecule has 9 heteroatoms. The van der Waals surface area contributed by atoms with Crippen LogP contribution in [0.1, 0.15) is 22.8 Å². The number of esters is 1. The number of aromatic nitrogens is 1. The summed E-state index contributed by atoms with van der Waals surface area (Å²) in [6.45, 7) is 1.36. The van der Waals surface area contributed by atoms with Gasteiger partial charge in [-0.05, 0) is 29.5 Å². The van der Waals surface area contributed by atoms with Crippen LogP contribution in [0.15, 0.2) is 6.20 Å². The zero-order valence-corrected chi connectivity index (χ0v) is 11.9. The Hall–Kier alpha value is -1.10. The summed E-state index contributed by atoms with van der Waals surface area (Å²) in [5.74, 6) is -1.36. The highest BCUT2D eigenvalue weighted by atomic mass is 127. The molecule has 106 valence electrons. The minimum Gasteiger partial charge on any atom is -0.462 e. The van der Waals surface area contributed by atoms with Crippen LogP contribution in [0.4, 0.5) is 13.2 Å². The first-order valence-electron chi connectivity index (χ1n) is 5.10. The second kappa shape index (κ2) is 6.37. The summed E-state index contributed by atoms with van der Waals surface area (Å²) in [6.07, 6.45) is -3.77. The normalized spacial score (nSPS) is 11.3.